The lowest BCUT2D eigenvalue weighted by molar-refractivity contribution is 0.368. The minimum atomic E-state index is 0.0731. The number of nitriles is 1. The molecule has 0 unspecified atom stereocenters. The number of hydrogen-bond donors (Lipinski definition) is 1. The van der Waals surface area contributed by atoms with Crippen LogP contribution in [-0.2, 0) is 6.54 Å². The highest BCUT2D eigenvalue weighted by molar-refractivity contribution is 6.29. The molecule has 0 amide bonds. The van der Waals surface area contributed by atoms with Gasteiger partial charge in [-0.3, -0.25) is 0 Å². The molecule has 0 saturated heterocycles. The van der Waals surface area contributed by atoms with E-state index in [1.807, 2.05) is 30.3 Å². The van der Waals surface area contributed by atoms with E-state index >= 15 is 0 Å². The first kappa shape index (κ1) is 12.6. The van der Waals surface area contributed by atoms with Crippen LogP contribution in [0.5, 0.6) is 5.75 Å². The van der Waals surface area contributed by atoms with Crippen molar-refractivity contribution < 1.29 is 4.74 Å². The van der Waals surface area contributed by atoms with Gasteiger partial charge in [0, 0.05) is 18.1 Å². The van der Waals surface area contributed by atoms with Gasteiger partial charge in [-0.05, 0) is 17.7 Å². The molecule has 0 aliphatic rings. The summed E-state index contributed by atoms with van der Waals surface area (Å²) in [4.78, 5) is 0. The van der Waals surface area contributed by atoms with Crippen LogP contribution in [-0.4, -0.2) is 13.2 Å². The number of hydrogen-bond acceptors (Lipinski definition) is 3. The molecule has 0 aromatic heterocycles. The van der Waals surface area contributed by atoms with Crippen molar-refractivity contribution in [3.8, 4) is 11.8 Å². The SMILES string of the molecule is C=C(Cl)CNCc1ccc(OCC#N)cc1. The Morgan fingerprint density at radius 1 is 1.44 bits per heavy atom. The van der Waals surface area contributed by atoms with Gasteiger partial charge in [0.15, 0.2) is 6.61 Å². The van der Waals surface area contributed by atoms with Gasteiger partial charge in [0.1, 0.15) is 11.8 Å². The average Bonchev–Trinajstić information content (AvgIpc) is 2.27. The summed E-state index contributed by atoms with van der Waals surface area (Å²) in [5.74, 6) is 0.701. The molecule has 1 aromatic rings. The summed E-state index contributed by atoms with van der Waals surface area (Å²) in [6.07, 6.45) is 0. The van der Waals surface area contributed by atoms with E-state index in [0.29, 0.717) is 17.3 Å². The fourth-order valence-corrected chi connectivity index (χ4v) is 1.26. The van der Waals surface area contributed by atoms with Crippen molar-refractivity contribution in [3.63, 3.8) is 0 Å². The normalized spacial score (nSPS) is 9.50. The molecule has 0 aliphatic heterocycles. The Kier molecular flexibility index (Phi) is 5.41. The van der Waals surface area contributed by atoms with Gasteiger partial charge < -0.3 is 10.1 Å². The Morgan fingerprint density at radius 2 is 2.12 bits per heavy atom. The quantitative estimate of drug-likeness (QED) is 0.825. The first-order valence-electron chi connectivity index (χ1n) is 4.85. The summed E-state index contributed by atoms with van der Waals surface area (Å²) >= 11 is 5.62. The van der Waals surface area contributed by atoms with E-state index in [2.05, 4.69) is 11.9 Å². The summed E-state index contributed by atoms with van der Waals surface area (Å²) in [7, 11) is 0. The van der Waals surface area contributed by atoms with Gasteiger partial charge in [0.2, 0.25) is 0 Å². The Hall–Kier alpha value is -1.50. The summed E-state index contributed by atoms with van der Waals surface area (Å²) < 4.78 is 5.14. The Bertz CT molecular complexity index is 381. The lowest BCUT2D eigenvalue weighted by Crippen LogP contribution is -2.14. The molecule has 1 aromatic carbocycles. The van der Waals surface area contributed by atoms with Gasteiger partial charge in [-0.25, -0.2) is 0 Å². The minimum Gasteiger partial charge on any atom is -0.479 e. The second-order valence-corrected chi connectivity index (χ2v) is 3.75. The van der Waals surface area contributed by atoms with Crippen molar-refractivity contribution in [3.05, 3.63) is 41.4 Å². The molecule has 0 atom stereocenters. The first-order valence-corrected chi connectivity index (χ1v) is 5.23. The van der Waals surface area contributed by atoms with Crippen LogP contribution in [0.15, 0.2) is 35.9 Å². The smallest absolute Gasteiger partial charge is 0.174 e. The molecule has 0 heterocycles. The van der Waals surface area contributed by atoms with Crippen LogP contribution in [0, 0.1) is 11.3 Å². The predicted molar refractivity (Wildman–Crippen MR) is 64.2 cm³/mol. The maximum Gasteiger partial charge on any atom is 0.174 e. The van der Waals surface area contributed by atoms with Crippen LogP contribution in [0.2, 0.25) is 0 Å². The maximum atomic E-state index is 8.34. The van der Waals surface area contributed by atoms with Gasteiger partial charge in [0.05, 0.1) is 0 Å². The van der Waals surface area contributed by atoms with E-state index in [0.717, 1.165) is 12.1 Å². The molecule has 1 N–H and O–H groups in total. The van der Waals surface area contributed by atoms with Crippen LogP contribution in [0.4, 0.5) is 0 Å². The lowest BCUT2D eigenvalue weighted by atomic mass is 10.2. The Labute approximate surface area is 100 Å². The van der Waals surface area contributed by atoms with Gasteiger partial charge in [-0.15, -0.1) is 0 Å². The van der Waals surface area contributed by atoms with E-state index in [4.69, 9.17) is 21.6 Å². The molecular weight excluding hydrogens is 224 g/mol. The molecule has 0 saturated carbocycles. The van der Waals surface area contributed by atoms with Crippen LogP contribution in [0.25, 0.3) is 0 Å². The summed E-state index contributed by atoms with van der Waals surface area (Å²) in [6.45, 7) is 4.98. The topological polar surface area (TPSA) is 45.0 Å². The maximum absolute atomic E-state index is 8.34. The second-order valence-electron chi connectivity index (χ2n) is 3.21. The third-order valence-electron chi connectivity index (χ3n) is 1.87. The third kappa shape index (κ3) is 4.83. The highest BCUT2D eigenvalue weighted by Crippen LogP contribution is 2.11. The highest BCUT2D eigenvalue weighted by Gasteiger charge is 1.95. The third-order valence-corrected chi connectivity index (χ3v) is 2.01. The number of rotatable bonds is 6. The van der Waals surface area contributed by atoms with Gasteiger partial charge in [0.25, 0.3) is 0 Å². The first-order chi connectivity index (χ1) is 7.72. The monoisotopic (exact) mass is 236 g/mol. The molecule has 0 bridgehead atoms. The standard InChI is InChI=1S/C12H13ClN2O/c1-10(13)8-15-9-11-2-4-12(5-3-11)16-7-6-14/h2-5,15H,1,7-9H2. The molecule has 84 valence electrons. The minimum absolute atomic E-state index is 0.0731. The zero-order valence-corrected chi connectivity index (χ0v) is 9.63. The van der Waals surface area contributed by atoms with E-state index < -0.39 is 0 Å². The summed E-state index contributed by atoms with van der Waals surface area (Å²) in [5.41, 5.74) is 1.13. The molecular formula is C12H13ClN2O. The molecule has 0 fully saturated rings. The van der Waals surface area contributed by atoms with Crippen LogP contribution in [0.3, 0.4) is 0 Å². The largest absolute Gasteiger partial charge is 0.479 e. The van der Waals surface area contributed by atoms with Crippen molar-refractivity contribution in [2.75, 3.05) is 13.2 Å². The zero-order valence-electron chi connectivity index (χ0n) is 8.87. The van der Waals surface area contributed by atoms with Crippen molar-refractivity contribution in [1.82, 2.24) is 5.32 Å². The summed E-state index contributed by atoms with van der Waals surface area (Å²) in [5, 5.41) is 12.1. The van der Waals surface area contributed by atoms with E-state index in [1.165, 1.54) is 0 Å². The summed E-state index contributed by atoms with van der Waals surface area (Å²) in [6, 6.07) is 9.48. The molecule has 3 nitrogen and oxygen atoms in total. The molecule has 1 rings (SSSR count). The van der Waals surface area contributed by atoms with Crippen molar-refractivity contribution in [1.29, 1.82) is 5.26 Å². The Balaban J connectivity index is 2.39. The Morgan fingerprint density at radius 3 is 2.69 bits per heavy atom. The van der Waals surface area contributed by atoms with E-state index in [9.17, 15) is 0 Å². The fourth-order valence-electron chi connectivity index (χ4n) is 1.16. The highest BCUT2D eigenvalue weighted by atomic mass is 35.5. The van der Waals surface area contributed by atoms with Gasteiger partial charge >= 0.3 is 0 Å². The number of nitrogens with zero attached hydrogens (tertiary/aromatic N) is 1. The van der Waals surface area contributed by atoms with E-state index in [-0.39, 0.29) is 6.61 Å². The number of benzene rings is 1. The number of nitrogens with one attached hydrogen (secondary N) is 1. The molecule has 0 spiro atoms. The van der Waals surface area contributed by atoms with Crippen molar-refractivity contribution in [2.24, 2.45) is 0 Å². The van der Waals surface area contributed by atoms with Gasteiger partial charge in [-0.2, -0.15) is 5.26 Å². The number of ether oxygens (including phenoxy) is 1. The molecule has 0 radical (unpaired) electrons. The predicted octanol–water partition coefficient (Wildman–Crippen LogP) is 2.43. The molecule has 4 heteroatoms. The van der Waals surface area contributed by atoms with Gasteiger partial charge in [-0.1, -0.05) is 30.3 Å². The van der Waals surface area contributed by atoms with Crippen molar-refractivity contribution in [2.45, 2.75) is 6.54 Å². The van der Waals surface area contributed by atoms with Crippen molar-refractivity contribution >= 4 is 11.6 Å². The lowest BCUT2D eigenvalue weighted by Gasteiger charge is -2.05. The number of halogens is 1. The van der Waals surface area contributed by atoms with Crippen LogP contribution >= 0.6 is 11.6 Å². The second kappa shape index (κ2) is 6.89. The average molecular weight is 237 g/mol. The van der Waals surface area contributed by atoms with E-state index in [1.54, 1.807) is 0 Å². The zero-order chi connectivity index (χ0) is 11.8. The molecule has 16 heavy (non-hydrogen) atoms. The van der Waals surface area contributed by atoms with Crippen LogP contribution < -0.4 is 10.1 Å². The molecule has 0 aliphatic carbocycles. The van der Waals surface area contributed by atoms with Crippen LogP contribution in [0.1, 0.15) is 5.56 Å². The fraction of sp³-hybridized carbons (Fsp3) is 0.250.